The molecule has 1 aromatic carbocycles. The molecular weight excluding hydrogens is 238 g/mol. The monoisotopic (exact) mass is 263 g/mol. The summed E-state index contributed by atoms with van der Waals surface area (Å²) >= 11 is 0. The second-order valence-electron chi connectivity index (χ2n) is 5.06. The highest BCUT2D eigenvalue weighted by Crippen LogP contribution is 2.25. The van der Waals surface area contributed by atoms with Crippen LogP contribution < -0.4 is 5.32 Å². The van der Waals surface area contributed by atoms with Crippen molar-refractivity contribution < 1.29 is 9.53 Å². The van der Waals surface area contributed by atoms with Crippen LogP contribution in [-0.4, -0.2) is 19.6 Å². The molecule has 0 aliphatic heterocycles. The highest BCUT2D eigenvalue weighted by Gasteiger charge is 2.29. The number of hydrogen-bond acceptors (Lipinski definition) is 3. The zero-order valence-corrected chi connectivity index (χ0v) is 12.5. The third-order valence-electron chi connectivity index (χ3n) is 3.42. The predicted octanol–water partition coefficient (Wildman–Crippen LogP) is 3.03. The van der Waals surface area contributed by atoms with Gasteiger partial charge in [-0.05, 0) is 31.0 Å². The molecule has 3 heteroatoms. The van der Waals surface area contributed by atoms with E-state index >= 15 is 0 Å². The van der Waals surface area contributed by atoms with Gasteiger partial charge in [-0.25, -0.2) is 0 Å². The van der Waals surface area contributed by atoms with E-state index in [1.165, 1.54) is 12.7 Å². The maximum atomic E-state index is 11.6. The Kier molecular flexibility index (Phi) is 6.03. The van der Waals surface area contributed by atoms with Gasteiger partial charge in [0.25, 0.3) is 0 Å². The van der Waals surface area contributed by atoms with Crippen LogP contribution in [0.15, 0.2) is 24.3 Å². The molecule has 0 heterocycles. The number of carbonyl (C=O) groups excluding carboxylic acids is 1. The highest BCUT2D eigenvalue weighted by atomic mass is 16.5. The molecule has 106 valence electrons. The van der Waals surface area contributed by atoms with Crippen LogP contribution >= 0.6 is 0 Å². The lowest BCUT2D eigenvalue weighted by Gasteiger charge is -2.30. The van der Waals surface area contributed by atoms with E-state index in [-0.39, 0.29) is 11.5 Å². The van der Waals surface area contributed by atoms with Crippen LogP contribution in [-0.2, 0) is 21.5 Å². The minimum absolute atomic E-state index is 0.193. The Bertz CT molecular complexity index is 400. The first kappa shape index (κ1) is 15.7. The fourth-order valence-electron chi connectivity index (χ4n) is 2.35. The summed E-state index contributed by atoms with van der Waals surface area (Å²) in [5.41, 5.74) is 2.09. The number of ether oxygens (including phenoxy) is 1. The lowest BCUT2D eigenvalue weighted by Crippen LogP contribution is -2.41. The molecule has 0 fully saturated rings. The second-order valence-corrected chi connectivity index (χ2v) is 5.06. The molecule has 19 heavy (non-hydrogen) atoms. The summed E-state index contributed by atoms with van der Waals surface area (Å²) in [7, 11) is 1.43. The Morgan fingerprint density at radius 2 is 1.89 bits per heavy atom. The fourth-order valence-corrected chi connectivity index (χ4v) is 2.35. The van der Waals surface area contributed by atoms with E-state index in [0.717, 1.165) is 24.9 Å². The lowest BCUT2D eigenvalue weighted by atomic mass is 9.87. The van der Waals surface area contributed by atoms with Crippen molar-refractivity contribution in [1.82, 2.24) is 5.32 Å². The van der Waals surface area contributed by atoms with Crippen LogP contribution in [0.4, 0.5) is 0 Å². The van der Waals surface area contributed by atoms with E-state index < -0.39 is 0 Å². The van der Waals surface area contributed by atoms with Crippen molar-refractivity contribution in [3.63, 3.8) is 0 Å². The average molecular weight is 263 g/mol. The summed E-state index contributed by atoms with van der Waals surface area (Å²) in [4.78, 5) is 11.6. The van der Waals surface area contributed by atoms with Crippen LogP contribution in [0.5, 0.6) is 0 Å². The molecule has 3 nitrogen and oxygen atoms in total. The minimum Gasteiger partial charge on any atom is -0.469 e. The summed E-state index contributed by atoms with van der Waals surface area (Å²) in [5, 5.41) is 3.39. The van der Waals surface area contributed by atoms with Gasteiger partial charge in [-0.15, -0.1) is 0 Å². The van der Waals surface area contributed by atoms with Crippen LogP contribution in [0.3, 0.4) is 0 Å². The number of nitrogens with one attached hydrogen (secondary N) is 1. The van der Waals surface area contributed by atoms with Gasteiger partial charge in [-0.2, -0.15) is 0 Å². The first-order valence-electron chi connectivity index (χ1n) is 6.97. The van der Waals surface area contributed by atoms with Crippen LogP contribution in [0.25, 0.3) is 0 Å². The van der Waals surface area contributed by atoms with Gasteiger partial charge in [0.1, 0.15) is 0 Å². The molecule has 1 rings (SSSR count). The number of benzene rings is 1. The highest BCUT2D eigenvalue weighted by molar-refractivity contribution is 5.71. The van der Waals surface area contributed by atoms with Crippen molar-refractivity contribution >= 4 is 5.97 Å². The maximum absolute atomic E-state index is 11.6. The second kappa shape index (κ2) is 7.29. The first-order valence-corrected chi connectivity index (χ1v) is 6.97. The SMILES string of the molecule is CCCc1ccc(C(C)(CC(=O)OC)NCC)cc1. The molecule has 1 aromatic rings. The van der Waals surface area contributed by atoms with E-state index in [1.54, 1.807) is 0 Å². The molecule has 0 saturated carbocycles. The van der Waals surface area contributed by atoms with Crippen molar-refractivity contribution in [2.45, 2.75) is 45.6 Å². The predicted molar refractivity (Wildman–Crippen MR) is 78.1 cm³/mol. The Balaban J connectivity index is 2.93. The van der Waals surface area contributed by atoms with Gasteiger partial charge in [0.2, 0.25) is 0 Å². The molecule has 0 aliphatic rings. The summed E-state index contributed by atoms with van der Waals surface area (Å²) in [5.74, 6) is -0.193. The molecule has 1 unspecified atom stereocenters. The summed E-state index contributed by atoms with van der Waals surface area (Å²) in [6.07, 6.45) is 2.58. The number of methoxy groups -OCH3 is 1. The van der Waals surface area contributed by atoms with Gasteiger partial charge in [0.15, 0.2) is 0 Å². The zero-order valence-electron chi connectivity index (χ0n) is 12.5. The molecule has 0 aliphatic carbocycles. The van der Waals surface area contributed by atoms with Crippen molar-refractivity contribution in [2.24, 2.45) is 0 Å². The van der Waals surface area contributed by atoms with E-state index in [0.29, 0.717) is 6.42 Å². The molecule has 0 saturated heterocycles. The topological polar surface area (TPSA) is 38.3 Å². The van der Waals surface area contributed by atoms with E-state index in [2.05, 4.69) is 36.5 Å². The van der Waals surface area contributed by atoms with Crippen molar-refractivity contribution in [3.8, 4) is 0 Å². The fraction of sp³-hybridized carbons (Fsp3) is 0.562. The molecule has 1 N–H and O–H groups in total. The number of carbonyl (C=O) groups is 1. The largest absolute Gasteiger partial charge is 0.469 e. The molecular formula is C16H25NO2. The number of esters is 1. The number of hydrogen-bond donors (Lipinski definition) is 1. The molecule has 0 bridgehead atoms. The standard InChI is InChI=1S/C16H25NO2/c1-5-7-13-8-10-14(11-9-13)16(3,17-6-2)12-15(18)19-4/h8-11,17H,5-7,12H2,1-4H3. The van der Waals surface area contributed by atoms with Gasteiger partial charge in [-0.1, -0.05) is 44.5 Å². The van der Waals surface area contributed by atoms with Crippen LogP contribution in [0, 0.1) is 0 Å². The third-order valence-corrected chi connectivity index (χ3v) is 3.42. The van der Waals surface area contributed by atoms with Crippen molar-refractivity contribution in [1.29, 1.82) is 0 Å². The number of rotatable bonds is 7. The van der Waals surface area contributed by atoms with E-state index in [9.17, 15) is 4.79 Å². The molecule has 1 atom stereocenters. The van der Waals surface area contributed by atoms with Gasteiger partial charge < -0.3 is 10.1 Å². The Morgan fingerprint density at radius 3 is 2.37 bits per heavy atom. The smallest absolute Gasteiger partial charge is 0.307 e. The maximum Gasteiger partial charge on any atom is 0.307 e. The van der Waals surface area contributed by atoms with Crippen molar-refractivity contribution in [2.75, 3.05) is 13.7 Å². The van der Waals surface area contributed by atoms with Crippen LogP contribution in [0.2, 0.25) is 0 Å². The quantitative estimate of drug-likeness (QED) is 0.768. The van der Waals surface area contributed by atoms with E-state index in [1.807, 2.05) is 13.8 Å². The van der Waals surface area contributed by atoms with Gasteiger partial charge >= 0.3 is 5.97 Å². The van der Waals surface area contributed by atoms with Gasteiger partial charge in [-0.3, -0.25) is 4.79 Å². The minimum atomic E-state index is -0.368. The average Bonchev–Trinajstić information content (AvgIpc) is 2.40. The first-order chi connectivity index (χ1) is 9.05. The normalized spacial score (nSPS) is 13.9. The Hall–Kier alpha value is -1.35. The molecule has 0 radical (unpaired) electrons. The summed E-state index contributed by atoms with van der Waals surface area (Å²) in [6.45, 7) is 7.07. The zero-order chi connectivity index (χ0) is 14.3. The summed E-state index contributed by atoms with van der Waals surface area (Å²) in [6, 6.07) is 8.50. The molecule has 0 aromatic heterocycles. The summed E-state index contributed by atoms with van der Waals surface area (Å²) < 4.78 is 4.80. The lowest BCUT2D eigenvalue weighted by molar-refractivity contribution is -0.142. The molecule has 0 spiro atoms. The van der Waals surface area contributed by atoms with Crippen LogP contribution in [0.1, 0.15) is 44.7 Å². The van der Waals surface area contributed by atoms with Crippen molar-refractivity contribution in [3.05, 3.63) is 35.4 Å². The number of aryl methyl sites for hydroxylation is 1. The Morgan fingerprint density at radius 1 is 1.26 bits per heavy atom. The van der Waals surface area contributed by atoms with Gasteiger partial charge in [0.05, 0.1) is 19.1 Å². The Labute approximate surface area is 116 Å². The third kappa shape index (κ3) is 4.35. The van der Waals surface area contributed by atoms with Gasteiger partial charge in [0, 0.05) is 0 Å². The van der Waals surface area contributed by atoms with E-state index in [4.69, 9.17) is 4.74 Å². The molecule has 0 amide bonds.